The first-order valence-corrected chi connectivity index (χ1v) is 9.11. The van der Waals surface area contributed by atoms with E-state index in [0.717, 1.165) is 12.1 Å². The highest BCUT2D eigenvalue weighted by Gasteiger charge is 2.32. The Labute approximate surface area is 146 Å². The smallest absolute Gasteiger partial charge is 0.270 e. The van der Waals surface area contributed by atoms with E-state index >= 15 is 0 Å². The number of halogens is 2. The van der Waals surface area contributed by atoms with Crippen molar-refractivity contribution in [2.45, 2.75) is 0 Å². The first kappa shape index (κ1) is 17.7. The lowest BCUT2D eigenvalue weighted by molar-refractivity contribution is -0.384. The van der Waals surface area contributed by atoms with E-state index in [1.807, 2.05) is 0 Å². The Balaban J connectivity index is 2.70. The molecule has 0 amide bonds. The number of nitro groups is 2. The van der Waals surface area contributed by atoms with Gasteiger partial charge < -0.3 is 4.89 Å². The number of hydrogen-bond donors (Lipinski definition) is 1. The number of non-ortho nitro benzene ring substituents is 2. The maximum Gasteiger partial charge on any atom is 0.270 e. The van der Waals surface area contributed by atoms with Gasteiger partial charge in [0.1, 0.15) is 0 Å². The predicted molar refractivity (Wildman–Crippen MR) is 90.7 cm³/mol. The fourth-order valence-corrected chi connectivity index (χ4v) is 5.36. The molecule has 0 heterocycles. The summed E-state index contributed by atoms with van der Waals surface area (Å²) >= 11 is 6.16. The molecule has 2 aromatic rings. The number of hydrogen-bond acceptors (Lipinski definition) is 5. The van der Waals surface area contributed by atoms with E-state index in [4.69, 9.17) is 0 Å². The zero-order chi connectivity index (χ0) is 17.4. The average Bonchev–Trinajstić information content (AvgIpc) is 2.47. The summed E-state index contributed by atoms with van der Waals surface area (Å²) in [6.45, 7) is 0. The summed E-state index contributed by atoms with van der Waals surface area (Å²) in [5.74, 6) is 0. The van der Waals surface area contributed by atoms with Crippen molar-refractivity contribution in [3.8, 4) is 0 Å². The van der Waals surface area contributed by atoms with Crippen molar-refractivity contribution in [1.82, 2.24) is 0 Å². The Morgan fingerprint density at radius 3 is 1.52 bits per heavy atom. The number of nitrogens with zero attached hydrogens (tertiary/aromatic N) is 2. The van der Waals surface area contributed by atoms with Gasteiger partial charge in [-0.1, -0.05) is 0 Å². The Morgan fingerprint density at radius 2 is 1.22 bits per heavy atom. The molecule has 0 unspecified atom stereocenters. The molecule has 0 bridgehead atoms. The van der Waals surface area contributed by atoms with Crippen LogP contribution in [-0.4, -0.2) is 14.7 Å². The van der Waals surface area contributed by atoms with Crippen LogP contribution in [0.2, 0.25) is 0 Å². The molecule has 11 heteroatoms. The molecule has 120 valence electrons. The Kier molecular flexibility index (Phi) is 5.00. The van der Waals surface area contributed by atoms with Gasteiger partial charge in [-0.15, -0.1) is 0 Å². The van der Waals surface area contributed by atoms with Crippen molar-refractivity contribution in [1.29, 1.82) is 0 Å². The van der Waals surface area contributed by atoms with Crippen molar-refractivity contribution >= 4 is 61.2 Å². The van der Waals surface area contributed by atoms with Gasteiger partial charge in [-0.05, 0) is 44.0 Å². The molecule has 0 atom stereocenters. The quantitative estimate of drug-likeness (QED) is 0.420. The lowest BCUT2D eigenvalue weighted by atomic mass is 10.3. The molecular formula is C12H7Br2N2O6P. The van der Waals surface area contributed by atoms with Gasteiger partial charge in [0, 0.05) is 33.2 Å². The highest BCUT2D eigenvalue weighted by atomic mass is 79.9. The topological polar surface area (TPSA) is 124 Å². The van der Waals surface area contributed by atoms with E-state index in [9.17, 15) is 29.7 Å². The van der Waals surface area contributed by atoms with Crippen LogP contribution in [0.5, 0.6) is 0 Å². The summed E-state index contributed by atoms with van der Waals surface area (Å²) in [6, 6.07) is 6.85. The van der Waals surface area contributed by atoms with Crippen LogP contribution >= 0.6 is 39.2 Å². The van der Waals surface area contributed by atoms with Crippen molar-refractivity contribution in [3.05, 3.63) is 65.6 Å². The van der Waals surface area contributed by atoms with Gasteiger partial charge in [0.05, 0.1) is 20.5 Å². The third-order valence-corrected chi connectivity index (χ3v) is 6.98. The summed E-state index contributed by atoms with van der Waals surface area (Å²) in [4.78, 5) is 30.8. The fourth-order valence-electron chi connectivity index (χ4n) is 1.82. The normalized spacial score (nSPS) is 11.3. The maximum absolute atomic E-state index is 12.9. The molecule has 0 aliphatic rings. The molecular weight excluding hydrogens is 459 g/mol. The average molecular weight is 466 g/mol. The zero-order valence-corrected chi connectivity index (χ0v) is 15.1. The molecule has 0 aromatic heterocycles. The van der Waals surface area contributed by atoms with Crippen molar-refractivity contribution in [2.24, 2.45) is 0 Å². The molecule has 0 spiro atoms. The molecule has 2 aromatic carbocycles. The predicted octanol–water partition coefficient (Wildman–Crippen LogP) is 3.25. The first-order chi connectivity index (χ1) is 10.6. The largest absolute Gasteiger partial charge is 0.338 e. The summed E-state index contributed by atoms with van der Waals surface area (Å²) in [5, 5.41) is 21.3. The molecule has 23 heavy (non-hydrogen) atoms. The standard InChI is InChI=1S/C12H7Br2N2O6P/c13-9-3-1-7(15(17)18)5-11(9)23(21,22)12-6-8(16(19)20)2-4-10(12)14/h1-6H,(H,21,22). The Bertz CT molecular complexity index is 805. The molecule has 0 saturated carbocycles. The van der Waals surface area contributed by atoms with Crippen LogP contribution < -0.4 is 10.6 Å². The minimum absolute atomic E-state index is 0.187. The van der Waals surface area contributed by atoms with Crippen LogP contribution in [0.15, 0.2) is 45.3 Å². The highest BCUT2D eigenvalue weighted by molar-refractivity contribution is 9.11. The van der Waals surface area contributed by atoms with Gasteiger partial charge >= 0.3 is 0 Å². The van der Waals surface area contributed by atoms with Gasteiger partial charge in [0.2, 0.25) is 0 Å². The Hall–Kier alpha value is -1.61. The van der Waals surface area contributed by atoms with E-state index in [0.29, 0.717) is 0 Å². The minimum atomic E-state index is -4.31. The van der Waals surface area contributed by atoms with E-state index in [2.05, 4.69) is 31.9 Å². The van der Waals surface area contributed by atoms with Crippen LogP contribution in [0.25, 0.3) is 0 Å². The van der Waals surface area contributed by atoms with E-state index in [1.54, 1.807) is 0 Å². The number of benzene rings is 2. The van der Waals surface area contributed by atoms with Crippen LogP contribution in [0, 0.1) is 20.2 Å². The maximum atomic E-state index is 12.9. The van der Waals surface area contributed by atoms with Gasteiger partial charge in [-0.3, -0.25) is 24.8 Å². The van der Waals surface area contributed by atoms with E-state index in [1.165, 1.54) is 24.3 Å². The Morgan fingerprint density at radius 1 is 0.870 bits per heavy atom. The van der Waals surface area contributed by atoms with Crippen molar-refractivity contribution in [3.63, 3.8) is 0 Å². The van der Waals surface area contributed by atoms with E-state index in [-0.39, 0.29) is 30.9 Å². The fraction of sp³-hybridized carbons (Fsp3) is 0. The monoisotopic (exact) mass is 464 g/mol. The van der Waals surface area contributed by atoms with Crippen LogP contribution in [0.1, 0.15) is 0 Å². The van der Waals surface area contributed by atoms with Crippen LogP contribution in [0.3, 0.4) is 0 Å². The van der Waals surface area contributed by atoms with Crippen LogP contribution in [-0.2, 0) is 4.57 Å². The SMILES string of the molecule is O=[N+]([O-])c1ccc(Br)c(P(=O)(O)c2cc([N+](=O)[O-])ccc2Br)c1. The second-order valence-corrected chi connectivity index (χ2v) is 8.19. The lowest BCUT2D eigenvalue weighted by Gasteiger charge is -2.15. The molecule has 0 saturated heterocycles. The zero-order valence-electron chi connectivity index (χ0n) is 11.1. The van der Waals surface area contributed by atoms with Gasteiger partial charge in [0.15, 0.2) is 0 Å². The summed E-state index contributed by atoms with van der Waals surface area (Å²) in [5.41, 5.74) is -0.724. The van der Waals surface area contributed by atoms with Crippen LogP contribution in [0.4, 0.5) is 11.4 Å². The van der Waals surface area contributed by atoms with Crippen molar-refractivity contribution in [2.75, 3.05) is 0 Å². The third-order valence-electron chi connectivity index (χ3n) is 2.93. The van der Waals surface area contributed by atoms with Crippen molar-refractivity contribution < 1.29 is 19.3 Å². The summed E-state index contributed by atoms with van der Waals surface area (Å²) in [6.07, 6.45) is 0. The molecule has 0 aliphatic carbocycles. The minimum Gasteiger partial charge on any atom is -0.338 e. The summed E-state index contributed by atoms with van der Waals surface area (Å²) in [7, 11) is -4.31. The second-order valence-electron chi connectivity index (χ2n) is 4.36. The molecule has 0 radical (unpaired) electrons. The molecule has 1 N–H and O–H groups in total. The van der Waals surface area contributed by atoms with Gasteiger partial charge in [0.25, 0.3) is 18.7 Å². The van der Waals surface area contributed by atoms with E-state index < -0.39 is 17.2 Å². The van der Waals surface area contributed by atoms with Gasteiger partial charge in [-0.2, -0.15) is 0 Å². The number of nitro benzene ring substituents is 2. The lowest BCUT2D eigenvalue weighted by Crippen LogP contribution is -2.19. The molecule has 0 aliphatic heterocycles. The summed E-state index contributed by atoms with van der Waals surface area (Å²) < 4.78 is 13.2. The van der Waals surface area contributed by atoms with Gasteiger partial charge in [-0.25, -0.2) is 0 Å². The second kappa shape index (κ2) is 6.48. The first-order valence-electron chi connectivity index (χ1n) is 5.86. The number of rotatable bonds is 4. The molecule has 0 fully saturated rings. The highest BCUT2D eigenvalue weighted by Crippen LogP contribution is 2.44. The molecule has 8 nitrogen and oxygen atoms in total. The molecule has 2 rings (SSSR count). The third kappa shape index (κ3) is 3.50.